The van der Waals surface area contributed by atoms with E-state index in [1.807, 2.05) is 0 Å². The molecule has 0 saturated carbocycles. The van der Waals surface area contributed by atoms with E-state index in [0.29, 0.717) is 34.2 Å². The van der Waals surface area contributed by atoms with Crippen LogP contribution in [0.5, 0.6) is 28.7 Å². The molecule has 0 radical (unpaired) electrons. The van der Waals surface area contributed by atoms with Crippen LogP contribution in [-0.4, -0.2) is 38.5 Å². The second-order valence-electron chi connectivity index (χ2n) is 4.41. The molecule has 0 heterocycles. The van der Waals surface area contributed by atoms with Crippen LogP contribution in [-0.2, 0) is 0 Å². The van der Waals surface area contributed by atoms with E-state index in [0.717, 1.165) is 0 Å². The van der Waals surface area contributed by atoms with Crippen LogP contribution >= 0.6 is 0 Å². The largest absolute Gasteiger partial charge is 0.493 e. The fourth-order valence-electron chi connectivity index (χ4n) is 1.96. The standard InChI is InChI=1S/C15H17BO6/c1-19-13-8-12(9-14(20-2)15(13)21-3)22-11-6-4-10(5-7-11)16(17)18/h4-9,17-18H,1-3H3. The summed E-state index contributed by atoms with van der Waals surface area (Å²) in [7, 11) is 3.08. The van der Waals surface area contributed by atoms with Crippen LogP contribution in [0.4, 0.5) is 0 Å². The third-order valence-corrected chi connectivity index (χ3v) is 3.05. The molecule has 0 bridgehead atoms. The van der Waals surface area contributed by atoms with Gasteiger partial charge in [0.1, 0.15) is 11.5 Å². The van der Waals surface area contributed by atoms with E-state index in [9.17, 15) is 0 Å². The fourth-order valence-corrected chi connectivity index (χ4v) is 1.96. The average Bonchev–Trinajstić information content (AvgIpc) is 2.54. The van der Waals surface area contributed by atoms with Gasteiger partial charge < -0.3 is 29.0 Å². The number of methoxy groups -OCH3 is 3. The summed E-state index contributed by atoms with van der Waals surface area (Å²) in [6.45, 7) is 0. The molecule has 2 aromatic rings. The van der Waals surface area contributed by atoms with Crippen molar-refractivity contribution in [1.82, 2.24) is 0 Å². The van der Waals surface area contributed by atoms with Gasteiger partial charge in [-0.3, -0.25) is 0 Å². The molecular weight excluding hydrogens is 287 g/mol. The molecule has 22 heavy (non-hydrogen) atoms. The number of rotatable bonds is 6. The zero-order valence-corrected chi connectivity index (χ0v) is 12.6. The summed E-state index contributed by atoms with van der Waals surface area (Å²) in [6.07, 6.45) is 0. The molecule has 0 unspecified atom stereocenters. The molecule has 0 aromatic heterocycles. The maximum Gasteiger partial charge on any atom is 0.488 e. The second kappa shape index (κ2) is 7.06. The van der Waals surface area contributed by atoms with Crippen molar-refractivity contribution in [3.8, 4) is 28.7 Å². The fraction of sp³-hybridized carbons (Fsp3) is 0.200. The summed E-state index contributed by atoms with van der Waals surface area (Å²) >= 11 is 0. The first-order chi connectivity index (χ1) is 10.6. The molecule has 0 saturated heterocycles. The van der Waals surface area contributed by atoms with Crippen LogP contribution in [0, 0.1) is 0 Å². The zero-order valence-electron chi connectivity index (χ0n) is 12.6. The quantitative estimate of drug-likeness (QED) is 0.781. The van der Waals surface area contributed by atoms with E-state index < -0.39 is 7.12 Å². The first kappa shape index (κ1) is 16.0. The minimum absolute atomic E-state index is 0.386. The van der Waals surface area contributed by atoms with E-state index in [-0.39, 0.29) is 0 Å². The summed E-state index contributed by atoms with van der Waals surface area (Å²) in [5.41, 5.74) is 0.386. The van der Waals surface area contributed by atoms with Gasteiger partial charge in [0.25, 0.3) is 0 Å². The first-order valence-electron chi connectivity index (χ1n) is 6.53. The lowest BCUT2D eigenvalue weighted by Crippen LogP contribution is -2.29. The Morgan fingerprint density at radius 2 is 1.32 bits per heavy atom. The lowest BCUT2D eigenvalue weighted by atomic mass is 9.80. The van der Waals surface area contributed by atoms with E-state index in [2.05, 4.69) is 0 Å². The lowest BCUT2D eigenvalue weighted by molar-refractivity contribution is 0.321. The molecule has 7 heteroatoms. The van der Waals surface area contributed by atoms with E-state index in [1.165, 1.54) is 21.3 Å². The molecule has 0 fully saturated rings. The Morgan fingerprint density at radius 3 is 1.73 bits per heavy atom. The summed E-state index contributed by atoms with van der Waals surface area (Å²) < 4.78 is 21.5. The minimum atomic E-state index is -1.50. The molecule has 2 N–H and O–H groups in total. The molecule has 0 atom stereocenters. The molecule has 0 aliphatic rings. The SMILES string of the molecule is COc1cc(Oc2ccc(B(O)O)cc2)cc(OC)c1OC. The van der Waals surface area contributed by atoms with E-state index in [1.54, 1.807) is 36.4 Å². The number of hydrogen-bond donors (Lipinski definition) is 2. The molecule has 6 nitrogen and oxygen atoms in total. The molecule has 2 aromatic carbocycles. The Kier molecular flexibility index (Phi) is 5.14. The molecule has 2 rings (SSSR count). The van der Waals surface area contributed by atoms with Gasteiger partial charge in [-0.2, -0.15) is 0 Å². The zero-order chi connectivity index (χ0) is 16.1. The highest BCUT2D eigenvalue weighted by molar-refractivity contribution is 6.58. The van der Waals surface area contributed by atoms with Gasteiger partial charge in [-0.05, 0) is 17.6 Å². The van der Waals surface area contributed by atoms with Crippen molar-refractivity contribution in [2.24, 2.45) is 0 Å². The average molecular weight is 304 g/mol. The van der Waals surface area contributed by atoms with E-state index >= 15 is 0 Å². The van der Waals surface area contributed by atoms with Crippen molar-refractivity contribution >= 4 is 12.6 Å². The van der Waals surface area contributed by atoms with Crippen LogP contribution in [0.2, 0.25) is 0 Å². The predicted molar refractivity (Wildman–Crippen MR) is 82.4 cm³/mol. The van der Waals surface area contributed by atoms with Crippen LogP contribution in [0.15, 0.2) is 36.4 Å². The Balaban J connectivity index is 2.29. The number of benzene rings is 2. The van der Waals surface area contributed by atoms with Gasteiger partial charge in [0.15, 0.2) is 11.5 Å². The van der Waals surface area contributed by atoms with E-state index in [4.69, 9.17) is 29.0 Å². The van der Waals surface area contributed by atoms with Gasteiger partial charge in [-0.15, -0.1) is 0 Å². The lowest BCUT2D eigenvalue weighted by Gasteiger charge is -2.14. The second-order valence-corrected chi connectivity index (χ2v) is 4.41. The highest BCUT2D eigenvalue weighted by Crippen LogP contribution is 2.41. The van der Waals surface area contributed by atoms with Gasteiger partial charge in [0.05, 0.1) is 21.3 Å². The first-order valence-corrected chi connectivity index (χ1v) is 6.53. The van der Waals surface area contributed by atoms with Gasteiger partial charge >= 0.3 is 7.12 Å². The molecular formula is C15H17BO6. The number of ether oxygens (including phenoxy) is 4. The molecule has 116 valence electrons. The van der Waals surface area contributed by atoms with Crippen molar-refractivity contribution < 1.29 is 29.0 Å². The summed E-state index contributed by atoms with van der Waals surface area (Å²) in [4.78, 5) is 0. The van der Waals surface area contributed by atoms with Gasteiger partial charge in [0, 0.05) is 12.1 Å². The van der Waals surface area contributed by atoms with Gasteiger partial charge in [-0.25, -0.2) is 0 Å². The smallest absolute Gasteiger partial charge is 0.488 e. The van der Waals surface area contributed by atoms with Crippen LogP contribution in [0.1, 0.15) is 0 Å². The molecule has 0 spiro atoms. The third-order valence-electron chi connectivity index (χ3n) is 3.05. The highest BCUT2D eigenvalue weighted by atomic mass is 16.5. The van der Waals surface area contributed by atoms with Gasteiger partial charge in [-0.1, -0.05) is 12.1 Å². The van der Waals surface area contributed by atoms with Crippen molar-refractivity contribution in [1.29, 1.82) is 0 Å². The van der Waals surface area contributed by atoms with Gasteiger partial charge in [0.2, 0.25) is 5.75 Å². The molecule has 0 aliphatic heterocycles. The monoisotopic (exact) mass is 304 g/mol. The molecule has 0 amide bonds. The van der Waals surface area contributed by atoms with Crippen LogP contribution < -0.4 is 24.4 Å². The highest BCUT2D eigenvalue weighted by Gasteiger charge is 2.15. The summed E-state index contributed by atoms with van der Waals surface area (Å²) in [5.74, 6) is 2.50. The normalized spacial score (nSPS) is 10.0. The number of hydrogen-bond acceptors (Lipinski definition) is 6. The van der Waals surface area contributed by atoms with Crippen molar-refractivity contribution in [2.45, 2.75) is 0 Å². The maximum absolute atomic E-state index is 9.07. The summed E-state index contributed by atoms with van der Waals surface area (Å²) in [5, 5.41) is 18.1. The Hall–Kier alpha value is -2.38. The van der Waals surface area contributed by atoms with Crippen molar-refractivity contribution in [2.75, 3.05) is 21.3 Å². The summed E-state index contributed by atoms with van der Waals surface area (Å²) in [6, 6.07) is 9.76. The van der Waals surface area contributed by atoms with Crippen molar-refractivity contribution in [3.63, 3.8) is 0 Å². The Labute approximate surface area is 129 Å². The van der Waals surface area contributed by atoms with Crippen LogP contribution in [0.3, 0.4) is 0 Å². The minimum Gasteiger partial charge on any atom is -0.493 e. The predicted octanol–water partition coefficient (Wildman–Crippen LogP) is 1.18. The molecule has 0 aliphatic carbocycles. The Morgan fingerprint density at radius 1 is 0.773 bits per heavy atom. The topological polar surface area (TPSA) is 77.4 Å². The van der Waals surface area contributed by atoms with Crippen LogP contribution in [0.25, 0.3) is 0 Å². The van der Waals surface area contributed by atoms with Crippen molar-refractivity contribution in [3.05, 3.63) is 36.4 Å². The maximum atomic E-state index is 9.07. The third kappa shape index (κ3) is 3.44. The Bertz CT molecular complexity index is 601.